The first-order valence-electron chi connectivity index (χ1n) is 12.0. The van der Waals surface area contributed by atoms with E-state index in [4.69, 9.17) is 0 Å². The lowest BCUT2D eigenvalue weighted by molar-refractivity contribution is 0.141. The smallest absolute Gasteiger partial charge is 0.150 e. The zero-order valence-corrected chi connectivity index (χ0v) is 19.2. The molecule has 0 spiro atoms. The number of alkyl halides is 1. The molecule has 3 heterocycles. The number of rotatable bonds is 6. The van der Waals surface area contributed by atoms with E-state index >= 15 is 0 Å². The van der Waals surface area contributed by atoms with Crippen molar-refractivity contribution in [1.82, 2.24) is 19.4 Å². The van der Waals surface area contributed by atoms with Crippen molar-refractivity contribution in [2.24, 2.45) is 0 Å². The molecule has 4 aromatic rings. The van der Waals surface area contributed by atoms with Crippen LogP contribution in [0.4, 0.5) is 19.0 Å². The second kappa shape index (κ2) is 9.00. The van der Waals surface area contributed by atoms with Gasteiger partial charge >= 0.3 is 0 Å². The Morgan fingerprint density at radius 3 is 2.43 bits per heavy atom. The van der Waals surface area contributed by atoms with Crippen LogP contribution in [0, 0.1) is 11.6 Å². The summed E-state index contributed by atoms with van der Waals surface area (Å²) in [5, 5.41) is 0.897. The van der Waals surface area contributed by atoms with E-state index in [2.05, 4.69) is 31.9 Å². The second-order valence-corrected chi connectivity index (χ2v) is 9.46. The maximum Gasteiger partial charge on any atom is 0.150 e. The van der Waals surface area contributed by atoms with E-state index in [0.29, 0.717) is 43.4 Å². The molecule has 2 aromatic carbocycles. The number of anilines is 1. The predicted octanol–water partition coefficient (Wildman–Crippen LogP) is 5.24. The number of fused-ring (bicyclic) bond motifs is 1. The number of aromatic nitrogens is 3. The Morgan fingerprint density at radius 1 is 0.943 bits per heavy atom. The molecule has 180 valence electrons. The number of hydrogen-bond acceptors (Lipinski definition) is 4. The number of halogens is 3. The third-order valence-corrected chi connectivity index (χ3v) is 7.05. The van der Waals surface area contributed by atoms with E-state index in [0.717, 1.165) is 35.7 Å². The van der Waals surface area contributed by atoms with E-state index in [9.17, 15) is 13.2 Å². The van der Waals surface area contributed by atoms with Crippen molar-refractivity contribution < 1.29 is 13.2 Å². The summed E-state index contributed by atoms with van der Waals surface area (Å²) in [5.41, 5.74) is 3.26. The molecule has 1 saturated carbocycles. The molecule has 8 heteroatoms. The standard InChI is InChI=1S/C27H26F3N5/c28-13-23-15-34(9-8-33(23)14-18-4-2-1-3-5-18)26-25-24(19-6-7-19)16-35(27(25)32-17-31-26)22-11-20(29)10-21(30)12-22/h1-5,10-12,16-17,19,23H,6-9,13-15H2. The van der Waals surface area contributed by atoms with Crippen LogP contribution in [-0.4, -0.2) is 51.8 Å². The van der Waals surface area contributed by atoms with E-state index in [-0.39, 0.29) is 6.04 Å². The van der Waals surface area contributed by atoms with Gasteiger partial charge in [-0.2, -0.15) is 0 Å². The fourth-order valence-corrected chi connectivity index (χ4v) is 5.15. The minimum Gasteiger partial charge on any atom is -0.353 e. The summed E-state index contributed by atoms with van der Waals surface area (Å²) in [7, 11) is 0. The molecule has 6 rings (SSSR count). The summed E-state index contributed by atoms with van der Waals surface area (Å²) in [4.78, 5) is 13.5. The molecule has 1 saturated heterocycles. The molecule has 1 atom stereocenters. The van der Waals surface area contributed by atoms with Gasteiger partial charge in [-0.3, -0.25) is 4.90 Å². The maximum absolute atomic E-state index is 14.2. The van der Waals surface area contributed by atoms with E-state index in [1.807, 2.05) is 24.4 Å². The molecular weight excluding hydrogens is 451 g/mol. The molecule has 0 amide bonds. The van der Waals surface area contributed by atoms with Gasteiger partial charge in [0.2, 0.25) is 0 Å². The van der Waals surface area contributed by atoms with Crippen molar-refractivity contribution >= 4 is 16.9 Å². The quantitative estimate of drug-likeness (QED) is 0.381. The van der Waals surface area contributed by atoms with Crippen molar-refractivity contribution in [3.8, 4) is 5.69 Å². The molecule has 1 aliphatic heterocycles. The van der Waals surface area contributed by atoms with Gasteiger partial charge in [-0.25, -0.2) is 23.1 Å². The SMILES string of the molecule is FCC1CN(c2ncnc3c2c(C2CC2)cn3-c2cc(F)cc(F)c2)CCN1Cc1ccccc1. The van der Waals surface area contributed by atoms with Gasteiger partial charge in [0.1, 0.15) is 36.1 Å². The normalized spacial score (nSPS) is 18.9. The van der Waals surface area contributed by atoms with Crippen LogP contribution in [0.1, 0.15) is 29.9 Å². The van der Waals surface area contributed by atoms with Gasteiger partial charge in [0.15, 0.2) is 0 Å². The fourth-order valence-electron chi connectivity index (χ4n) is 5.15. The van der Waals surface area contributed by atoms with Gasteiger partial charge in [0, 0.05) is 38.4 Å². The topological polar surface area (TPSA) is 37.2 Å². The molecule has 5 nitrogen and oxygen atoms in total. The average Bonchev–Trinajstić information content (AvgIpc) is 3.64. The van der Waals surface area contributed by atoms with Gasteiger partial charge in [-0.1, -0.05) is 30.3 Å². The molecular formula is C27H26F3N5. The Kier molecular flexibility index (Phi) is 5.68. The number of benzene rings is 2. The molecule has 2 aliphatic rings. The van der Waals surface area contributed by atoms with Gasteiger partial charge in [0.05, 0.1) is 17.1 Å². The molecule has 2 aromatic heterocycles. The molecule has 2 fully saturated rings. The van der Waals surface area contributed by atoms with Crippen molar-refractivity contribution in [1.29, 1.82) is 0 Å². The largest absolute Gasteiger partial charge is 0.353 e. The van der Waals surface area contributed by atoms with Crippen LogP contribution in [0.3, 0.4) is 0 Å². The lowest BCUT2D eigenvalue weighted by atomic mass is 10.1. The van der Waals surface area contributed by atoms with E-state index in [1.54, 1.807) is 4.57 Å². The van der Waals surface area contributed by atoms with Crippen LogP contribution in [0.5, 0.6) is 0 Å². The van der Waals surface area contributed by atoms with Gasteiger partial charge in [-0.15, -0.1) is 0 Å². The maximum atomic E-state index is 14.2. The Labute approximate surface area is 201 Å². The molecule has 0 radical (unpaired) electrons. The van der Waals surface area contributed by atoms with Crippen LogP contribution >= 0.6 is 0 Å². The van der Waals surface area contributed by atoms with E-state index < -0.39 is 18.3 Å². The number of hydrogen-bond donors (Lipinski definition) is 0. The minimum absolute atomic E-state index is 0.252. The van der Waals surface area contributed by atoms with Gasteiger partial charge < -0.3 is 9.47 Å². The van der Waals surface area contributed by atoms with Crippen molar-refractivity contribution in [3.05, 3.63) is 83.8 Å². The van der Waals surface area contributed by atoms with Crippen molar-refractivity contribution in [2.75, 3.05) is 31.2 Å². The Hall–Kier alpha value is -3.39. The number of piperazine rings is 1. The molecule has 1 aliphatic carbocycles. The molecule has 0 N–H and O–H groups in total. The van der Waals surface area contributed by atoms with E-state index in [1.165, 1.54) is 24.0 Å². The first-order valence-corrected chi connectivity index (χ1v) is 12.0. The Morgan fingerprint density at radius 2 is 1.71 bits per heavy atom. The first kappa shape index (κ1) is 22.1. The molecule has 0 bridgehead atoms. The highest BCUT2D eigenvalue weighted by Gasteiger charge is 2.33. The van der Waals surface area contributed by atoms with Gasteiger partial charge in [0.25, 0.3) is 0 Å². The molecule has 1 unspecified atom stereocenters. The van der Waals surface area contributed by atoms with Crippen LogP contribution in [0.15, 0.2) is 61.1 Å². The second-order valence-electron chi connectivity index (χ2n) is 9.46. The third kappa shape index (κ3) is 4.27. The minimum atomic E-state index is -0.635. The highest BCUT2D eigenvalue weighted by atomic mass is 19.1. The lowest BCUT2D eigenvalue weighted by Gasteiger charge is -2.41. The fraction of sp³-hybridized carbons (Fsp3) is 0.333. The average molecular weight is 478 g/mol. The van der Waals surface area contributed by atoms with Gasteiger partial charge in [-0.05, 0) is 42.0 Å². The van der Waals surface area contributed by atoms with Crippen LogP contribution in [0.25, 0.3) is 16.7 Å². The van der Waals surface area contributed by atoms with Crippen LogP contribution in [-0.2, 0) is 6.54 Å². The number of nitrogens with zero attached hydrogens (tertiary/aromatic N) is 5. The summed E-state index contributed by atoms with van der Waals surface area (Å²) in [5.74, 6) is -0.127. The monoisotopic (exact) mass is 477 g/mol. The summed E-state index contributed by atoms with van der Waals surface area (Å²) < 4.78 is 43.9. The first-order chi connectivity index (χ1) is 17.1. The summed E-state index contributed by atoms with van der Waals surface area (Å²) in [6, 6.07) is 13.3. The van der Waals surface area contributed by atoms with Crippen molar-refractivity contribution in [2.45, 2.75) is 31.3 Å². The Balaban J connectivity index is 1.36. The molecule has 35 heavy (non-hydrogen) atoms. The zero-order chi connectivity index (χ0) is 23.9. The summed E-state index contributed by atoms with van der Waals surface area (Å²) in [6.07, 6.45) is 5.54. The third-order valence-electron chi connectivity index (χ3n) is 7.05. The summed E-state index contributed by atoms with van der Waals surface area (Å²) in [6.45, 7) is 2.19. The highest BCUT2D eigenvalue weighted by Crippen LogP contribution is 2.46. The summed E-state index contributed by atoms with van der Waals surface area (Å²) >= 11 is 0. The highest BCUT2D eigenvalue weighted by molar-refractivity contribution is 5.93. The predicted molar refractivity (Wildman–Crippen MR) is 130 cm³/mol. The van der Waals surface area contributed by atoms with Crippen LogP contribution in [0.2, 0.25) is 0 Å². The van der Waals surface area contributed by atoms with Crippen molar-refractivity contribution in [3.63, 3.8) is 0 Å². The zero-order valence-electron chi connectivity index (χ0n) is 19.2. The van der Waals surface area contributed by atoms with Crippen LogP contribution < -0.4 is 4.90 Å². The lowest BCUT2D eigenvalue weighted by Crippen LogP contribution is -2.54. The Bertz CT molecular complexity index is 1330.